The van der Waals surface area contributed by atoms with Crippen molar-refractivity contribution in [1.82, 2.24) is 9.62 Å². The number of hydrogen-bond donors (Lipinski definition) is 2. The van der Waals surface area contributed by atoms with Crippen molar-refractivity contribution in [1.29, 1.82) is 0 Å². The van der Waals surface area contributed by atoms with Gasteiger partial charge in [0.05, 0.1) is 15.7 Å². The van der Waals surface area contributed by atoms with Crippen LogP contribution in [0.15, 0.2) is 23.1 Å². The SMILES string of the molecule is Cc1cc(S(=O)(=O)N2CCCC(C(=O)NCCN)C2)ccc1[N+](=O)[O-].Cl. The molecule has 0 aliphatic carbocycles. The van der Waals surface area contributed by atoms with E-state index in [0.29, 0.717) is 32.5 Å². The van der Waals surface area contributed by atoms with Gasteiger partial charge in [-0.25, -0.2) is 8.42 Å². The number of nitro benzene ring substituents is 1. The Balaban J connectivity index is 0.00000338. The van der Waals surface area contributed by atoms with Gasteiger partial charge in [-0.3, -0.25) is 14.9 Å². The Bertz CT molecular complexity index is 771. The molecule has 1 fully saturated rings. The number of piperidine rings is 1. The fourth-order valence-corrected chi connectivity index (χ4v) is 4.47. The van der Waals surface area contributed by atoms with E-state index in [1.807, 2.05) is 0 Å². The summed E-state index contributed by atoms with van der Waals surface area (Å²) in [6.45, 7) is 2.58. The van der Waals surface area contributed by atoms with Crippen molar-refractivity contribution in [2.45, 2.75) is 24.7 Å². The summed E-state index contributed by atoms with van der Waals surface area (Å²) in [5, 5.41) is 13.6. The molecule has 0 radical (unpaired) electrons. The highest BCUT2D eigenvalue weighted by Gasteiger charge is 2.33. The summed E-state index contributed by atoms with van der Waals surface area (Å²) in [4.78, 5) is 22.4. The Hall–Kier alpha value is -1.75. The highest BCUT2D eigenvalue weighted by atomic mass is 35.5. The topological polar surface area (TPSA) is 136 Å². The number of amides is 1. The van der Waals surface area contributed by atoms with Gasteiger partial charge in [-0.1, -0.05) is 0 Å². The summed E-state index contributed by atoms with van der Waals surface area (Å²) >= 11 is 0. The molecule has 1 heterocycles. The Morgan fingerprint density at radius 1 is 1.46 bits per heavy atom. The fourth-order valence-electron chi connectivity index (χ4n) is 2.86. The lowest BCUT2D eigenvalue weighted by atomic mass is 9.99. The number of carbonyl (C=O) groups excluding carboxylic acids is 1. The van der Waals surface area contributed by atoms with Crippen LogP contribution >= 0.6 is 12.4 Å². The number of nitrogens with one attached hydrogen (secondary N) is 1. The molecule has 9 nitrogen and oxygen atoms in total. The second-order valence-corrected chi connectivity index (χ2v) is 7.93. The van der Waals surface area contributed by atoms with Gasteiger partial charge in [0.25, 0.3) is 5.69 Å². The quantitative estimate of drug-likeness (QED) is 0.529. The van der Waals surface area contributed by atoms with Crippen LogP contribution in [0.4, 0.5) is 5.69 Å². The molecule has 2 rings (SSSR count). The van der Waals surface area contributed by atoms with Crippen LogP contribution in [-0.2, 0) is 14.8 Å². The Morgan fingerprint density at radius 3 is 2.73 bits per heavy atom. The smallest absolute Gasteiger partial charge is 0.272 e. The predicted octanol–water partition coefficient (Wildman–Crippen LogP) is 0.801. The number of halogens is 1. The molecule has 1 aliphatic rings. The lowest BCUT2D eigenvalue weighted by Crippen LogP contribution is -2.46. The van der Waals surface area contributed by atoms with E-state index >= 15 is 0 Å². The van der Waals surface area contributed by atoms with Crippen LogP contribution in [0.25, 0.3) is 0 Å². The van der Waals surface area contributed by atoms with Crippen LogP contribution in [0, 0.1) is 23.0 Å². The van der Waals surface area contributed by atoms with Crippen molar-refractivity contribution in [2.75, 3.05) is 26.2 Å². The van der Waals surface area contributed by atoms with E-state index in [4.69, 9.17) is 5.73 Å². The molecule has 1 amide bonds. The summed E-state index contributed by atoms with van der Waals surface area (Å²) in [6, 6.07) is 3.72. The number of nitrogens with zero attached hydrogens (tertiary/aromatic N) is 2. The molecule has 0 saturated carbocycles. The second kappa shape index (κ2) is 9.26. The molecule has 0 aromatic heterocycles. The van der Waals surface area contributed by atoms with Crippen molar-refractivity contribution in [2.24, 2.45) is 11.7 Å². The van der Waals surface area contributed by atoms with Crippen LogP contribution in [0.1, 0.15) is 18.4 Å². The van der Waals surface area contributed by atoms with Crippen molar-refractivity contribution in [3.63, 3.8) is 0 Å². The van der Waals surface area contributed by atoms with Crippen LogP contribution in [0.5, 0.6) is 0 Å². The van der Waals surface area contributed by atoms with Gasteiger partial charge in [0.1, 0.15) is 0 Å². The van der Waals surface area contributed by atoms with E-state index in [0.717, 1.165) is 0 Å². The third-order valence-electron chi connectivity index (χ3n) is 4.20. The lowest BCUT2D eigenvalue weighted by molar-refractivity contribution is -0.385. The Morgan fingerprint density at radius 2 is 2.15 bits per heavy atom. The molecule has 1 atom stereocenters. The molecule has 146 valence electrons. The summed E-state index contributed by atoms with van der Waals surface area (Å²) in [6.07, 6.45) is 1.19. The van der Waals surface area contributed by atoms with E-state index in [1.165, 1.54) is 29.4 Å². The maximum atomic E-state index is 12.8. The molecule has 0 spiro atoms. The Kier molecular flexibility index (Phi) is 7.94. The molecular formula is C15H23ClN4O5S. The molecule has 11 heteroatoms. The molecule has 1 aromatic carbocycles. The average molecular weight is 407 g/mol. The van der Waals surface area contributed by atoms with Gasteiger partial charge in [0.2, 0.25) is 15.9 Å². The van der Waals surface area contributed by atoms with E-state index in [2.05, 4.69) is 5.32 Å². The minimum atomic E-state index is -3.81. The summed E-state index contributed by atoms with van der Waals surface area (Å²) in [5.41, 5.74) is 5.51. The van der Waals surface area contributed by atoms with Crippen molar-refractivity contribution in [3.05, 3.63) is 33.9 Å². The minimum Gasteiger partial charge on any atom is -0.355 e. The van der Waals surface area contributed by atoms with Gasteiger partial charge >= 0.3 is 0 Å². The van der Waals surface area contributed by atoms with E-state index in [-0.39, 0.29) is 41.0 Å². The number of hydrogen-bond acceptors (Lipinski definition) is 6. The monoisotopic (exact) mass is 406 g/mol. The molecule has 1 aromatic rings. The van der Waals surface area contributed by atoms with Gasteiger partial charge in [0.15, 0.2) is 0 Å². The highest BCUT2D eigenvalue weighted by Crippen LogP contribution is 2.27. The maximum Gasteiger partial charge on any atom is 0.272 e. The first-order valence-electron chi connectivity index (χ1n) is 8.00. The molecule has 1 unspecified atom stereocenters. The second-order valence-electron chi connectivity index (χ2n) is 5.99. The van der Waals surface area contributed by atoms with Gasteiger partial charge < -0.3 is 11.1 Å². The largest absolute Gasteiger partial charge is 0.355 e. The van der Waals surface area contributed by atoms with E-state index in [9.17, 15) is 23.3 Å². The fraction of sp³-hybridized carbons (Fsp3) is 0.533. The molecule has 1 saturated heterocycles. The third-order valence-corrected chi connectivity index (χ3v) is 6.06. The number of sulfonamides is 1. The van der Waals surface area contributed by atoms with Crippen LogP contribution in [0.3, 0.4) is 0 Å². The maximum absolute atomic E-state index is 12.8. The van der Waals surface area contributed by atoms with Crippen molar-refractivity contribution in [3.8, 4) is 0 Å². The van der Waals surface area contributed by atoms with E-state index in [1.54, 1.807) is 0 Å². The van der Waals surface area contributed by atoms with Crippen LogP contribution in [0.2, 0.25) is 0 Å². The molecular weight excluding hydrogens is 384 g/mol. The lowest BCUT2D eigenvalue weighted by Gasteiger charge is -2.31. The van der Waals surface area contributed by atoms with Gasteiger partial charge in [-0.2, -0.15) is 4.31 Å². The van der Waals surface area contributed by atoms with Crippen LogP contribution < -0.4 is 11.1 Å². The summed E-state index contributed by atoms with van der Waals surface area (Å²) in [7, 11) is -3.81. The Labute approximate surface area is 158 Å². The first-order chi connectivity index (χ1) is 11.8. The molecule has 0 bridgehead atoms. The van der Waals surface area contributed by atoms with Crippen molar-refractivity contribution < 1.29 is 18.1 Å². The zero-order chi connectivity index (χ0) is 18.6. The van der Waals surface area contributed by atoms with Gasteiger partial charge in [-0.05, 0) is 31.9 Å². The molecule has 1 aliphatic heterocycles. The summed E-state index contributed by atoms with van der Waals surface area (Å²) in [5.74, 6) is -0.626. The number of nitrogens with two attached hydrogens (primary N) is 1. The van der Waals surface area contributed by atoms with E-state index < -0.39 is 20.9 Å². The molecule has 3 N–H and O–H groups in total. The van der Waals surface area contributed by atoms with Gasteiger partial charge in [-0.15, -0.1) is 12.4 Å². The predicted molar refractivity (Wildman–Crippen MR) is 98.6 cm³/mol. The highest BCUT2D eigenvalue weighted by molar-refractivity contribution is 7.89. The molecule has 26 heavy (non-hydrogen) atoms. The zero-order valence-corrected chi connectivity index (χ0v) is 16.0. The number of carbonyl (C=O) groups is 1. The zero-order valence-electron chi connectivity index (χ0n) is 14.4. The number of benzene rings is 1. The number of aryl methyl sites for hydroxylation is 1. The van der Waals surface area contributed by atoms with Gasteiger partial charge in [0, 0.05) is 37.8 Å². The van der Waals surface area contributed by atoms with Crippen molar-refractivity contribution >= 4 is 34.0 Å². The minimum absolute atomic E-state index is 0. The third kappa shape index (κ3) is 4.91. The first-order valence-corrected chi connectivity index (χ1v) is 9.44. The number of nitro groups is 1. The summed E-state index contributed by atoms with van der Waals surface area (Å²) < 4.78 is 26.9. The first kappa shape index (κ1) is 22.3. The van der Waals surface area contributed by atoms with Crippen LogP contribution in [-0.4, -0.2) is 49.7 Å². The number of rotatable bonds is 6. The average Bonchev–Trinajstić information content (AvgIpc) is 2.59. The standard InChI is InChI=1S/C15H22N4O5S.ClH/c1-11-9-13(4-5-14(11)19(21)22)25(23,24)18-8-2-3-12(10-18)15(20)17-7-6-16;/h4-5,9,12H,2-3,6-8,10,16H2,1H3,(H,17,20);1H. The normalized spacial score (nSPS) is 18.0.